The van der Waals surface area contributed by atoms with Gasteiger partial charge in [-0.2, -0.15) is 10.2 Å². The van der Waals surface area contributed by atoms with Crippen molar-refractivity contribution in [1.82, 2.24) is 19.6 Å². The fraction of sp³-hybridized carbons (Fsp3) is 0.133. The SMILES string of the molecule is O=C(CCn1cc(Br)cn1)Nc1ccc(-n2cccn2)cc1. The molecule has 2 aromatic heterocycles. The van der Waals surface area contributed by atoms with Crippen LogP contribution in [-0.2, 0) is 11.3 Å². The highest BCUT2D eigenvalue weighted by molar-refractivity contribution is 9.10. The molecule has 3 rings (SSSR count). The van der Waals surface area contributed by atoms with Crippen molar-refractivity contribution in [3.8, 4) is 5.69 Å². The van der Waals surface area contributed by atoms with E-state index in [0.29, 0.717) is 13.0 Å². The molecule has 22 heavy (non-hydrogen) atoms. The molecule has 6 nitrogen and oxygen atoms in total. The summed E-state index contributed by atoms with van der Waals surface area (Å²) in [5, 5.41) is 11.1. The largest absolute Gasteiger partial charge is 0.326 e. The van der Waals surface area contributed by atoms with E-state index in [1.165, 1.54) is 0 Å². The van der Waals surface area contributed by atoms with E-state index in [1.807, 2.05) is 42.7 Å². The van der Waals surface area contributed by atoms with Crippen molar-refractivity contribution >= 4 is 27.5 Å². The molecule has 0 saturated carbocycles. The Bertz CT molecular complexity index is 749. The Morgan fingerprint density at radius 2 is 2.05 bits per heavy atom. The number of carbonyl (C=O) groups excluding carboxylic acids is 1. The summed E-state index contributed by atoms with van der Waals surface area (Å²) >= 11 is 3.33. The van der Waals surface area contributed by atoms with Crippen LogP contribution in [0.3, 0.4) is 0 Å². The van der Waals surface area contributed by atoms with Crippen molar-refractivity contribution < 1.29 is 4.79 Å². The number of carbonyl (C=O) groups is 1. The van der Waals surface area contributed by atoms with Crippen molar-refractivity contribution in [2.45, 2.75) is 13.0 Å². The van der Waals surface area contributed by atoms with Gasteiger partial charge in [0.25, 0.3) is 0 Å². The predicted molar refractivity (Wildman–Crippen MR) is 86.7 cm³/mol. The van der Waals surface area contributed by atoms with Gasteiger partial charge in [0.2, 0.25) is 5.91 Å². The van der Waals surface area contributed by atoms with E-state index in [4.69, 9.17) is 0 Å². The third kappa shape index (κ3) is 3.62. The van der Waals surface area contributed by atoms with Crippen LogP contribution >= 0.6 is 15.9 Å². The molecule has 0 spiro atoms. The van der Waals surface area contributed by atoms with Gasteiger partial charge in [0.05, 0.1) is 16.4 Å². The number of anilines is 1. The quantitative estimate of drug-likeness (QED) is 0.761. The van der Waals surface area contributed by atoms with Gasteiger partial charge in [0, 0.05) is 37.2 Å². The van der Waals surface area contributed by atoms with E-state index in [9.17, 15) is 4.79 Å². The highest BCUT2D eigenvalue weighted by Gasteiger charge is 2.04. The Morgan fingerprint density at radius 1 is 1.23 bits per heavy atom. The molecule has 7 heteroatoms. The number of nitrogens with one attached hydrogen (secondary N) is 1. The Labute approximate surface area is 135 Å². The van der Waals surface area contributed by atoms with E-state index < -0.39 is 0 Å². The zero-order chi connectivity index (χ0) is 15.4. The maximum absolute atomic E-state index is 11.9. The van der Waals surface area contributed by atoms with E-state index in [-0.39, 0.29) is 5.91 Å². The van der Waals surface area contributed by atoms with Crippen LogP contribution < -0.4 is 5.32 Å². The number of aromatic nitrogens is 4. The molecule has 3 aromatic rings. The van der Waals surface area contributed by atoms with Crippen LogP contribution in [0.2, 0.25) is 0 Å². The number of halogens is 1. The lowest BCUT2D eigenvalue weighted by Gasteiger charge is -2.07. The maximum atomic E-state index is 11.9. The monoisotopic (exact) mass is 359 g/mol. The molecule has 0 atom stereocenters. The van der Waals surface area contributed by atoms with E-state index in [1.54, 1.807) is 21.8 Å². The van der Waals surface area contributed by atoms with E-state index >= 15 is 0 Å². The Hall–Kier alpha value is -2.41. The molecule has 0 bridgehead atoms. The smallest absolute Gasteiger partial charge is 0.226 e. The van der Waals surface area contributed by atoms with Crippen molar-refractivity contribution in [2.24, 2.45) is 0 Å². The second-order valence-corrected chi connectivity index (χ2v) is 5.63. The molecule has 0 fully saturated rings. The summed E-state index contributed by atoms with van der Waals surface area (Å²) in [5.41, 5.74) is 1.71. The Kier molecular flexibility index (Phi) is 4.34. The van der Waals surface area contributed by atoms with Crippen molar-refractivity contribution in [3.05, 3.63) is 59.6 Å². The molecule has 112 valence electrons. The third-order valence-corrected chi connectivity index (χ3v) is 3.50. The van der Waals surface area contributed by atoms with E-state index in [2.05, 4.69) is 31.4 Å². The predicted octanol–water partition coefficient (Wildman–Crippen LogP) is 2.86. The van der Waals surface area contributed by atoms with Gasteiger partial charge >= 0.3 is 0 Å². The normalized spacial score (nSPS) is 10.6. The minimum Gasteiger partial charge on any atom is -0.326 e. The number of nitrogens with zero attached hydrogens (tertiary/aromatic N) is 4. The van der Waals surface area contributed by atoms with Gasteiger partial charge in [0.15, 0.2) is 0 Å². The van der Waals surface area contributed by atoms with Crippen LogP contribution in [0, 0.1) is 0 Å². The molecular weight excluding hydrogens is 346 g/mol. The van der Waals surface area contributed by atoms with Crippen LogP contribution in [0.15, 0.2) is 59.6 Å². The highest BCUT2D eigenvalue weighted by Crippen LogP contribution is 2.13. The third-order valence-electron chi connectivity index (χ3n) is 3.09. The standard InChI is InChI=1S/C15H14BrN5O/c16-12-10-18-20(11-12)9-6-15(22)19-13-2-4-14(5-3-13)21-8-1-7-17-21/h1-5,7-8,10-11H,6,9H2,(H,19,22). The first kappa shape index (κ1) is 14.5. The second kappa shape index (κ2) is 6.57. The summed E-state index contributed by atoms with van der Waals surface area (Å²) in [6.45, 7) is 0.544. The molecule has 2 heterocycles. The molecule has 0 radical (unpaired) electrons. The van der Waals surface area contributed by atoms with Gasteiger partial charge in [0.1, 0.15) is 0 Å². The number of aryl methyl sites for hydroxylation is 1. The van der Waals surface area contributed by atoms with Gasteiger partial charge in [-0.3, -0.25) is 9.48 Å². The van der Waals surface area contributed by atoms with Gasteiger partial charge in [-0.05, 0) is 46.3 Å². The summed E-state index contributed by atoms with van der Waals surface area (Å²) in [4.78, 5) is 11.9. The highest BCUT2D eigenvalue weighted by atomic mass is 79.9. The number of amides is 1. The fourth-order valence-corrected chi connectivity index (χ4v) is 2.35. The lowest BCUT2D eigenvalue weighted by molar-refractivity contribution is -0.116. The molecule has 1 aromatic carbocycles. The first-order valence-corrected chi connectivity index (χ1v) is 7.58. The molecule has 1 amide bonds. The summed E-state index contributed by atoms with van der Waals surface area (Å²) in [6, 6.07) is 9.41. The second-order valence-electron chi connectivity index (χ2n) is 4.72. The molecule has 0 aliphatic carbocycles. The average Bonchev–Trinajstić information content (AvgIpc) is 3.17. The maximum Gasteiger partial charge on any atom is 0.226 e. The number of hydrogen-bond donors (Lipinski definition) is 1. The zero-order valence-corrected chi connectivity index (χ0v) is 13.3. The lowest BCUT2D eigenvalue weighted by atomic mass is 10.2. The van der Waals surface area contributed by atoms with Gasteiger partial charge in [-0.1, -0.05) is 0 Å². The van der Waals surface area contributed by atoms with Gasteiger partial charge in [-0.25, -0.2) is 4.68 Å². The summed E-state index contributed by atoms with van der Waals surface area (Å²) < 4.78 is 4.40. The van der Waals surface area contributed by atoms with Gasteiger partial charge in [-0.15, -0.1) is 0 Å². The van der Waals surface area contributed by atoms with Gasteiger partial charge < -0.3 is 5.32 Å². The van der Waals surface area contributed by atoms with Crippen LogP contribution in [0.1, 0.15) is 6.42 Å². The minimum absolute atomic E-state index is 0.0431. The van der Waals surface area contributed by atoms with Crippen LogP contribution in [-0.4, -0.2) is 25.5 Å². The topological polar surface area (TPSA) is 64.7 Å². The first-order chi connectivity index (χ1) is 10.7. The first-order valence-electron chi connectivity index (χ1n) is 6.78. The van der Waals surface area contributed by atoms with Crippen LogP contribution in [0.25, 0.3) is 5.69 Å². The van der Waals surface area contributed by atoms with Crippen LogP contribution in [0.5, 0.6) is 0 Å². The molecule has 0 saturated heterocycles. The molecule has 0 unspecified atom stereocenters. The fourth-order valence-electron chi connectivity index (χ4n) is 2.02. The molecule has 0 aliphatic rings. The summed E-state index contributed by atoms with van der Waals surface area (Å²) in [6.07, 6.45) is 7.51. The summed E-state index contributed by atoms with van der Waals surface area (Å²) in [7, 11) is 0. The zero-order valence-electron chi connectivity index (χ0n) is 11.7. The van der Waals surface area contributed by atoms with Crippen molar-refractivity contribution in [3.63, 3.8) is 0 Å². The van der Waals surface area contributed by atoms with Crippen molar-refractivity contribution in [2.75, 3.05) is 5.32 Å². The number of hydrogen-bond acceptors (Lipinski definition) is 3. The Morgan fingerprint density at radius 3 is 2.68 bits per heavy atom. The summed E-state index contributed by atoms with van der Waals surface area (Å²) in [5.74, 6) is -0.0431. The molecular formula is C15H14BrN5O. The number of benzene rings is 1. The minimum atomic E-state index is -0.0431. The average molecular weight is 360 g/mol. The molecule has 1 N–H and O–H groups in total. The van der Waals surface area contributed by atoms with Crippen molar-refractivity contribution in [1.29, 1.82) is 0 Å². The van der Waals surface area contributed by atoms with E-state index in [0.717, 1.165) is 15.8 Å². The molecule has 0 aliphatic heterocycles. The Balaban J connectivity index is 1.55. The lowest BCUT2D eigenvalue weighted by Crippen LogP contribution is -2.14. The van der Waals surface area contributed by atoms with Crippen LogP contribution in [0.4, 0.5) is 5.69 Å². The number of rotatable bonds is 5.